The summed E-state index contributed by atoms with van der Waals surface area (Å²) in [4.78, 5) is 50.7. The zero-order valence-electron chi connectivity index (χ0n) is 41.9. The average molecular weight is 945 g/mol. The Bertz CT molecular complexity index is 1400. The largest absolute Gasteiger partial charge is 0.479 e. The van der Waals surface area contributed by atoms with E-state index in [1.54, 1.807) is 12.2 Å². The molecule has 1 fully saturated rings. The fourth-order valence-electron chi connectivity index (χ4n) is 7.62. The van der Waals surface area contributed by atoms with Crippen LogP contribution in [0.2, 0.25) is 0 Å². The molecule has 0 aromatic carbocycles. The minimum Gasteiger partial charge on any atom is -0.479 e. The number of allylic oxidation sites excluding steroid dienone is 9. The summed E-state index contributed by atoms with van der Waals surface area (Å²) in [7, 11) is 0. The van der Waals surface area contributed by atoms with Gasteiger partial charge in [0.25, 0.3) is 0 Å². The van der Waals surface area contributed by atoms with E-state index in [1.807, 2.05) is 12.2 Å². The maximum absolute atomic E-state index is 13.0. The Morgan fingerprint density at radius 2 is 0.925 bits per heavy atom. The molecule has 384 valence electrons. The lowest BCUT2D eigenvalue weighted by Crippen LogP contribution is -2.61. The van der Waals surface area contributed by atoms with Crippen molar-refractivity contribution in [3.63, 3.8) is 0 Å². The standard InChI is InChI=1S/C55H92O12/c1-4-7-10-13-16-19-21-23-24-26-28-31-34-37-40-43-49(58)66-53-51(60)50(59)52(54(61)62)67-55(53)64-45-46(65-48(57)42-39-36-33-29-18-15-12-9-6-3)44-63-47(56)41-38-35-32-30-27-25-22-20-17-14-11-8-5-2/h7,10,16,19,23-24,28,31,37,40,46,50-53,55,59-60H,4-6,8-9,11-15,17-18,20-22,25-27,29-30,32-36,38-39,41-45H2,1-3H3,(H,61,62)/b10-7-,19-16-,24-23-,31-28-,40-37-. The number of carbonyl (C=O) groups excluding carboxylic acids is 3. The van der Waals surface area contributed by atoms with Gasteiger partial charge in [-0.1, -0.05) is 210 Å². The summed E-state index contributed by atoms with van der Waals surface area (Å²) in [5.41, 5.74) is 0. The van der Waals surface area contributed by atoms with Gasteiger partial charge in [-0.25, -0.2) is 4.79 Å². The smallest absolute Gasteiger partial charge is 0.335 e. The third-order valence-electron chi connectivity index (χ3n) is 11.6. The molecule has 67 heavy (non-hydrogen) atoms. The Labute approximate surface area is 405 Å². The molecule has 3 N–H and O–H groups in total. The number of carbonyl (C=O) groups is 4. The highest BCUT2D eigenvalue weighted by Gasteiger charge is 2.50. The summed E-state index contributed by atoms with van der Waals surface area (Å²) in [6.45, 7) is 5.79. The van der Waals surface area contributed by atoms with E-state index in [1.165, 1.54) is 89.9 Å². The fourth-order valence-corrected chi connectivity index (χ4v) is 7.62. The van der Waals surface area contributed by atoms with Crippen LogP contribution in [0.4, 0.5) is 0 Å². The van der Waals surface area contributed by atoms with Crippen molar-refractivity contribution in [3.8, 4) is 0 Å². The minimum absolute atomic E-state index is 0.154. The summed E-state index contributed by atoms with van der Waals surface area (Å²) >= 11 is 0. The zero-order chi connectivity index (χ0) is 49.0. The molecule has 0 aromatic heterocycles. The number of esters is 3. The summed E-state index contributed by atoms with van der Waals surface area (Å²) in [6.07, 6.45) is 39.6. The number of hydrogen-bond donors (Lipinski definition) is 3. The number of aliphatic hydroxyl groups excluding tert-OH is 2. The van der Waals surface area contributed by atoms with Crippen LogP contribution in [-0.4, -0.2) is 89.2 Å². The predicted octanol–water partition coefficient (Wildman–Crippen LogP) is 12.4. The Morgan fingerprint density at radius 3 is 1.37 bits per heavy atom. The number of carboxylic acids is 1. The number of aliphatic hydroxyl groups is 2. The average Bonchev–Trinajstić information content (AvgIpc) is 3.31. The molecule has 0 aromatic rings. The van der Waals surface area contributed by atoms with Crippen molar-refractivity contribution >= 4 is 23.9 Å². The Morgan fingerprint density at radius 1 is 0.507 bits per heavy atom. The van der Waals surface area contributed by atoms with Gasteiger partial charge in [-0.2, -0.15) is 0 Å². The summed E-state index contributed by atoms with van der Waals surface area (Å²) < 4.78 is 28.1. The zero-order valence-corrected chi connectivity index (χ0v) is 41.9. The molecule has 1 heterocycles. The number of unbranched alkanes of at least 4 members (excludes halogenated alkanes) is 20. The molecule has 0 spiro atoms. The van der Waals surface area contributed by atoms with Gasteiger partial charge in [0.05, 0.1) is 13.0 Å². The predicted molar refractivity (Wildman–Crippen MR) is 266 cm³/mol. The van der Waals surface area contributed by atoms with E-state index in [2.05, 4.69) is 57.2 Å². The highest BCUT2D eigenvalue weighted by Crippen LogP contribution is 2.26. The number of hydrogen-bond acceptors (Lipinski definition) is 11. The van der Waals surface area contributed by atoms with Crippen molar-refractivity contribution in [2.24, 2.45) is 0 Å². The van der Waals surface area contributed by atoms with E-state index in [-0.39, 0.29) is 25.9 Å². The van der Waals surface area contributed by atoms with Crippen LogP contribution >= 0.6 is 0 Å². The topological polar surface area (TPSA) is 175 Å². The first-order valence-corrected chi connectivity index (χ1v) is 26.3. The van der Waals surface area contributed by atoms with Crippen LogP contribution in [0.5, 0.6) is 0 Å². The second-order valence-corrected chi connectivity index (χ2v) is 17.8. The molecule has 0 amide bonds. The van der Waals surface area contributed by atoms with Crippen molar-refractivity contribution in [2.75, 3.05) is 13.2 Å². The molecule has 12 heteroatoms. The SMILES string of the molecule is CC/C=C\C/C=C\C/C=C\C/C=C\C/C=C\CC(=O)OC1C(OCC(COC(=O)CCCCCCCCCCCCCCC)OC(=O)CCCCCCCCCCC)OC(C(=O)O)C(O)C1O. The maximum atomic E-state index is 13.0. The van der Waals surface area contributed by atoms with E-state index >= 15 is 0 Å². The molecule has 6 unspecified atom stereocenters. The van der Waals surface area contributed by atoms with Crippen molar-refractivity contribution in [3.05, 3.63) is 60.8 Å². The summed E-state index contributed by atoms with van der Waals surface area (Å²) in [5, 5.41) is 31.3. The molecule has 12 nitrogen and oxygen atoms in total. The third-order valence-corrected chi connectivity index (χ3v) is 11.6. The van der Waals surface area contributed by atoms with Crippen LogP contribution in [0.3, 0.4) is 0 Å². The monoisotopic (exact) mass is 945 g/mol. The molecule has 0 saturated carbocycles. The molecule has 1 saturated heterocycles. The van der Waals surface area contributed by atoms with E-state index < -0.39 is 67.3 Å². The van der Waals surface area contributed by atoms with E-state index in [4.69, 9.17) is 23.7 Å². The van der Waals surface area contributed by atoms with Gasteiger partial charge >= 0.3 is 23.9 Å². The Kier molecular flexibility index (Phi) is 40.1. The Hall–Kier alpha value is -3.58. The lowest BCUT2D eigenvalue weighted by Gasteiger charge is -2.40. The maximum Gasteiger partial charge on any atom is 0.335 e. The molecule has 6 atom stereocenters. The highest BCUT2D eigenvalue weighted by atomic mass is 16.7. The summed E-state index contributed by atoms with van der Waals surface area (Å²) in [5.74, 6) is -3.28. The van der Waals surface area contributed by atoms with E-state index in [9.17, 15) is 34.5 Å². The molecular weight excluding hydrogens is 853 g/mol. The number of ether oxygens (including phenoxy) is 5. The van der Waals surface area contributed by atoms with Crippen LogP contribution in [0, 0.1) is 0 Å². The van der Waals surface area contributed by atoms with Crippen molar-refractivity contribution in [2.45, 2.75) is 250 Å². The molecule has 0 radical (unpaired) electrons. The highest BCUT2D eigenvalue weighted by molar-refractivity contribution is 5.74. The van der Waals surface area contributed by atoms with Gasteiger partial charge in [0.1, 0.15) is 18.8 Å². The van der Waals surface area contributed by atoms with Gasteiger partial charge in [-0.3, -0.25) is 14.4 Å². The van der Waals surface area contributed by atoms with Crippen LogP contribution in [0.25, 0.3) is 0 Å². The van der Waals surface area contributed by atoms with Crippen molar-refractivity contribution < 1.29 is 58.2 Å². The normalized spacial score (nSPS) is 19.3. The lowest BCUT2D eigenvalue weighted by atomic mass is 9.98. The number of aliphatic carboxylic acids is 1. The van der Waals surface area contributed by atoms with Crippen LogP contribution in [0.1, 0.15) is 213 Å². The first kappa shape index (κ1) is 61.4. The molecule has 0 aliphatic carbocycles. The third kappa shape index (κ3) is 34.4. The van der Waals surface area contributed by atoms with Gasteiger partial charge in [-0.15, -0.1) is 0 Å². The molecule has 0 bridgehead atoms. The Balaban J connectivity index is 2.76. The van der Waals surface area contributed by atoms with Gasteiger partial charge in [-0.05, 0) is 44.9 Å². The lowest BCUT2D eigenvalue weighted by molar-refractivity contribution is -0.301. The summed E-state index contributed by atoms with van der Waals surface area (Å²) in [6, 6.07) is 0. The van der Waals surface area contributed by atoms with E-state index in [0.29, 0.717) is 19.3 Å². The minimum atomic E-state index is -1.93. The van der Waals surface area contributed by atoms with Gasteiger partial charge in [0.2, 0.25) is 0 Å². The fraction of sp³-hybridized carbons (Fsp3) is 0.745. The van der Waals surface area contributed by atoms with E-state index in [0.717, 1.165) is 64.2 Å². The second kappa shape index (κ2) is 43.7. The molecular formula is C55H92O12. The molecule has 1 rings (SSSR count). The number of rotatable bonds is 43. The number of carboxylic acid groups (broad SMARTS) is 1. The first-order chi connectivity index (χ1) is 32.6. The van der Waals surface area contributed by atoms with Crippen molar-refractivity contribution in [1.82, 2.24) is 0 Å². The van der Waals surface area contributed by atoms with Crippen LogP contribution in [0.15, 0.2) is 60.8 Å². The second-order valence-electron chi connectivity index (χ2n) is 17.8. The quantitative estimate of drug-likeness (QED) is 0.0229. The van der Waals surface area contributed by atoms with Gasteiger partial charge in [0, 0.05) is 12.8 Å². The van der Waals surface area contributed by atoms with Crippen LogP contribution < -0.4 is 0 Å². The molecule has 1 aliphatic rings. The van der Waals surface area contributed by atoms with Crippen LogP contribution in [-0.2, 0) is 42.9 Å². The van der Waals surface area contributed by atoms with Crippen molar-refractivity contribution in [1.29, 1.82) is 0 Å². The first-order valence-electron chi connectivity index (χ1n) is 26.3. The van der Waals surface area contributed by atoms with Gasteiger partial charge in [0.15, 0.2) is 24.6 Å². The van der Waals surface area contributed by atoms with Gasteiger partial charge < -0.3 is 39.0 Å². The molecule has 1 aliphatic heterocycles.